The van der Waals surface area contributed by atoms with Crippen LogP contribution in [0.25, 0.3) is 0 Å². The summed E-state index contributed by atoms with van der Waals surface area (Å²) in [6.45, 7) is 8.84. The van der Waals surface area contributed by atoms with E-state index in [1.807, 2.05) is 23.1 Å². The number of nitrogens with zero attached hydrogens (tertiary/aromatic N) is 2. The number of carbonyl (C=O) groups is 2. The molecule has 4 rings (SSSR count). The van der Waals surface area contributed by atoms with E-state index in [0.717, 1.165) is 32.5 Å². The van der Waals surface area contributed by atoms with Gasteiger partial charge in [0.2, 0.25) is 5.91 Å². The van der Waals surface area contributed by atoms with Gasteiger partial charge < -0.3 is 19.9 Å². The van der Waals surface area contributed by atoms with E-state index in [0.29, 0.717) is 36.2 Å². The third kappa shape index (κ3) is 3.75. The molecule has 1 N–H and O–H groups in total. The molecular formula is C23H33N3O3. The van der Waals surface area contributed by atoms with Crippen LogP contribution in [0.15, 0.2) is 24.3 Å². The Morgan fingerprint density at radius 2 is 2.07 bits per heavy atom. The Bertz CT molecular complexity index is 772. The molecule has 6 heteroatoms. The quantitative estimate of drug-likeness (QED) is 0.826. The molecule has 1 aromatic carbocycles. The van der Waals surface area contributed by atoms with Gasteiger partial charge in [-0.1, -0.05) is 26.3 Å². The molecule has 2 amide bonds. The molecule has 3 aliphatic rings. The molecule has 0 bridgehead atoms. The van der Waals surface area contributed by atoms with Crippen LogP contribution < -0.4 is 10.1 Å². The van der Waals surface area contributed by atoms with Crippen molar-refractivity contribution in [2.45, 2.75) is 38.6 Å². The zero-order valence-electron chi connectivity index (χ0n) is 17.8. The summed E-state index contributed by atoms with van der Waals surface area (Å²) in [6.07, 6.45) is 2.85. The minimum Gasteiger partial charge on any atom is -0.497 e. The molecule has 3 heterocycles. The van der Waals surface area contributed by atoms with Crippen molar-refractivity contribution in [2.24, 2.45) is 17.8 Å². The molecule has 6 nitrogen and oxygen atoms in total. The van der Waals surface area contributed by atoms with Crippen LogP contribution in [0.2, 0.25) is 0 Å². The predicted molar refractivity (Wildman–Crippen MR) is 112 cm³/mol. The normalized spacial score (nSPS) is 27.0. The summed E-state index contributed by atoms with van der Waals surface area (Å²) >= 11 is 0. The van der Waals surface area contributed by atoms with Crippen LogP contribution in [0.5, 0.6) is 5.75 Å². The summed E-state index contributed by atoms with van der Waals surface area (Å²) < 4.78 is 5.25. The van der Waals surface area contributed by atoms with E-state index in [2.05, 4.69) is 24.1 Å². The predicted octanol–water partition coefficient (Wildman–Crippen LogP) is 2.39. The molecule has 0 saturated carbocycles. The van der Waals surface area contributed by atoms with Crippen LogP contribution in [0, 0.1) is 17.8 Å². The molecule has 3 aliphatic heterocycles. The van der Waals surface area contributed by atoms with E-state index in [-0.39, 0.29) is 23.3 Å². The van der Waals surface area contributed by atoms with Crippen molar-refractivity contribution in [1.82, 2.24) is 15.1 Å². The molecule has 3 fully saturated rings. The van der Waals surface area contributed by atoms with Crippen LogP contribution in [0.4, 0.5) is 0 Å². The third-order valence-corrected chi connectivity index (χ3v) is 7.34. The standard InChI is InChI=1S/C23H33N3O3/c1-4-16(2)13-25-14-19-20(15-25)23(24-21(19)27)8-10-26(11-9-23)22(28)17-6-5-7-18(12-17)29-3/h5-7,12,16,19-20H,4,8-11,13-15H2,1-3H3,(H,24,27)/t16-,19-,20+/m1/s1. The Morgan fingerprint density at radius 3 is 2.76 bits per heavy atom. The van der Waals surface area contributed by atoms with Crippen LogP contribution >= 0.6 is 0 Å². The molecule has 0 unspecified atom stereocenters. The van der Waals surface area contributed by atoms with E-state index in [4.69, 9.17) is 4.74 Å². The van der Waals surface area contributed by atoms with Crippen molar-refractivity contribution in [1.29, 1.82) is 0 Å². The zero-order chi connectivity index (χ0) is 20.6. The summed E-state index contributed by atoms with van der Waals surface area (Å²) in [4.78, 5) is 30.1. The number of rotatable bonds is 5. The van der Waals surface area contributed by atoms with Crippen LogP contribution in [-0.4, -0.2) is 67.0 Å². The molecule has 29 heavy (non-hydrogen) atoms. The fourth-order valence-electron chi connectivity index (χ4n) is 5.40. The summed E-state index contributed by atoms with van der Waals surface area (Å²) in [7, 11) is 1.61. The van der Waals surface area contributed by atoms with E-state index in [9.17, 15) is 9.59 Å². The van der Waals surface area contributed by atoms with Crippen molar-refractivity contribution in [3.8, 4) is 5.75 Å². The number of ether oxygens (including phenoxy) is 1. The molecule has 1 aromatic rings. The number of amides is 2. The van der Waals surface area contributed by atoms with Gasteiger partial charge in [0.25, 0.3) is 5.91 Å². The molecule has 0 aromatic heterocycles. The highest BCUT2D eigenvalue weighted by atomic mass is 16.5. The minimum absolute atomic E-state index is 0.0458. The van der Waals surface area contributed by atoms with Gasteiger partial charge in [0.1, 0.15) is 5.75 Å². The number of methoxy groups -OCH3 is 1. The number of nitrogens with one attached hydrogen (secondary N) is 1. The Morgan fingerprint density at radius 1 is 1.31 bits per heavy atom. The summed E-state index contributed by atoms with van der Waals surface area (Å²) in [5.74, 6) is 2.10. The van der Waals surface area contributed by atoms with Crippen molar-refractivity contribution in [3.05, 3.63) is 29.8 Å². The molecule has 158 valence electrons. The molecule has 0 radical (unpaired) electrons. The summed E-state index contributed by atoms with van der Waals surface area (Å²) in [5.41, 5.74) is 0.520. The van der Waals surface area contributed by atoms with Crippen molar-refractivity contribution >= 4 is 11.8 Å². The third-order valence-electron chi connectivity index (χ3n) is 7.34. The number of piperidine rings is 1. The maximum atomic E-state index is 12.9. The highest BCUT2D eigenvalue weighted by Crippen LogP contribution is 2.44. The minimum atomic E-state index is -0.142. The maximum absolute atomic E-state index is 12.9. The molecule has 3 atom stereocenters. The lowest BCUT2D eigenvalue weighted by Gasteiger charge is -2.43. The van der Waals surface area contributed by atoms with Crippen LogP contribution in [0.1, 0.15) is 43.5 Å². The smallest absolute Gasteiger partial charge is 0.253 e. The Balaban J connectivity index is 1.41. The van der Waals surface area contributed by atoms with Crippen LogP contribution in [0.3, 0.4) is 0 Å². The lowest BCUT2D eigenvalue weighted by Crippen LogP contribution is -2.56. The fraction of sp³-hybridized carbons (Fsp3) is 0.652. The number of likely N-dealkylation sites (tertiary alicyclic amines) is 2. The first-order chi connectivity index (χ1) is 14.0. The van der Waals surface area contributed by atoms with Gasteiger partial charge >= 0.3 is 0 Å². The SMILES string of the molecule is CC[C@@H](C)CN1C[C@H]2C(=O)NC3(CCN(C(=O)c4cccc(OC)c4)CC3)[C@H]2C1. The average Bonchev–Trinajstić information content (AvgIpc) is 3.27. The highest BCUT2D eigenvalue weighted by molar-refractivity contribution is 5.94. The second-order valence-corrected chi connectivity index (χ2v) is 9.11. The first-order valence-corrected chi connectivity index (χ1v) is 10.9. The Kier molecular flexibility index (Phi) is 5.56. The van der Waals surface area contributed by atoms with Gasteiger partial charge in [-0.15, -0.1) is 0 Å². The van der Waals surface area contributed by atoms with Crippen LogP contribution in [-0.2, 0) is 4.79 Å². The number of benzene rings is 1. The first-order valence-electron chi connectivity index (χ1n) is 10.9. The van der Waals surface area contributed by atoms with E-state index < -0.39 is 0 Å². The first kappa shape index (κ1) is 20.2. The van der Waals surface area contributed by atoms with Crippen molar-refractivity contribution in [3.63, 3.8) is 0 Å². The van der Waals surface area contributed by atoms with E-state index in [1.165, 1.54) is 6.42 Å². The van der Waals surface area contributed by atoms with E-state index >= 15 is 0 Å². The largest absolute Gasteiger partial charge is 0.497 e. The van der Waals surface area contributed by atoms with Gasteiger partial charge in [-0.25, -0.2) is 0 Å². The average molecular weight is 400 g/mol. The molecule has 0 aliphatic carbocycles. The van der Waals surface area contributed by atoms with Gasteiger partial charge in [0, 0.05) is 49.7 Å². The number of hydrogen-bond acceptors (Lipinski definition) is 4. The molecule has 3 saturated heterocycles. The van der Waals surface area contributed by atoms with E-state index in [1.54, 1.807) is 13.2 Å². The monoisotopic (exact) mass is 399 g/mol. The number of fused-ring (bicyclic) bond motifs is 2. The maximum Gasteiger partial charge on any atom is 0.253 e. The number of hydrogen-bond donors (Lipinski definition) is 1. The highest BCUT2D eigenvalue weighted by Gasteiger charge is 2.57. The second-order valence-electron chi connectivity index (χ2n) is 9.11. The Labute approximate surface area is 173 Å². The zero-order valence-corrected chi connectivity index (χ0v) is 17.8. The van der Waals surface area contributed by atoms with Gasteiger partial charge in [-0.2, -0.15) is 0 Å². The summed E-state index contributed by atoms with van der Waals surface area (Å²) in [6, 6.07) is 7.33. The van der Waals surface area contributed by atoms with Gasteiger partial charge in [-0.3, -0.25) is 9.59 Å². The lowest BCUT2D eigenvalue weighted by molar-refractivity contribution is -0.123. The number of carbonyl (C=O) groups excluding carboxylic acids is 2. The van der Waals surface area contributed by atoms with Crippen molar-refractivity contribution in [2.75, 3.05) is 39.8 Å². The molecule has 1 spiro atoms. The Hall–Kier alpha value is -2.08. The van der Waals surface area contributed by atoms with Gasteiger partial charge in [0.15, 0.2) is 0 Å². The topological polar surface area (TPSA) is 61.9 Å². The lowest BCUT2D eigenvalue weighted by atomic mass is 9.75. The summed E-state index contributed by atoms with van der Waals surface area (Å²) in [5, 5.41) is 3.35. The van der Waals surface area contributed by atoms with Gasteiger partial charge in [0.05, 0.1) is 13.0 Å². The molecular weight excluding hydrogens is 366 g/mol. The van der Waals surface area contributed by atoms with Crippen molar-refractivity contribution < 1.29 is 14.3 Å². The second kappa shape index (κ2) is 7.98. The van der Waals surface area contributed by atoms with Gasteiger partial charge in [-0.05, 0) is 37.0 Å². The fourth-order valence-corrected chi connectivity index (χ4v) is 5.40.